The second-order valence-electron chi connectivity index (χ2n) is 4.75. The molecule has 0 saturated heterocycles. The topological polar surface area (TPSA) is 51.0 Å². The van der Waals surface area contributed by atoms with E-state index in [0.29, 0.717) is 18.4 Å². The number of alkyl halides is 3. The van der Waals surface area contributed by atoms with Gasteiger partial charge in [0.25, 0.3) is 5.89 Å². The van der Waals surface area contributed by atoms with Gasteiger partial charge in [0, 0.05) is 11.6 Å². The molecule has 1 aliphatic rings. The Kier molecular flexibility index (Phi) is 3.21. The summed E-state index contributed by atoms with van der Waals surface area (Å²) in [6.07, 6.45) is -2.11. The zero-order chi connectivity index (χ0) is 14.2. The first-order valence-corrected chi connectivity index (χ1v) is 6.26. The Bertz CT molecular complexity index is 605. The molecule has 0 bridgehead atoms. The minimum absolute atomic E-state index is 0.101. The van der Waals surface area contributed by atoms with Crippen LogP contribution in [0.5, 0.6) is 0 Å². The van der Waals surface area contributed by atoms with Gasteiger partial charge in [0.1, 0.15) is 0 Å². The first kappa shape index (κ1) is 13.1. The average molecular weight is 283 g/mol. The van der Waals surface area contributed by atoms with Gasteiger partial charge in [0.05, 0.1) is 12.1 Å². The van der Waals surface area contributed by atoms with Crippen LogP contribution < -0.4 is 5.32 Å². The molecule has 1 fully saturated rings. The van der Waals surface area contributed by atoms with Gasteiger partial charge in [-0.1, -0.05) is 11.2 Å². The van der Waals surface area contributed by atoms with Crippen molar-refractivity contribution in [3.8, 4) is 11.5 Å². The summed E-state index contributed by atoms with van der Waals surface area (Å²) < 4.78 is 42.9. The molecule has 1 aromatic carbocycles. The maximum Gasteiger partial charge on any atom is 0.416 e. The molecular weight excluding hydrogens is 271 g/mol. The summed E-state index contributed by atoms with van der Waals surface area (Å²) >= 11 is 0. The molecule has 0 atom stereocenters. The molecule has 1 aliphatic carbocycles. The second-order valence-corrected chi connectivity index (χ2v) is 4.75. The summed E-state index contributed by atoms with van der Waals surface area (Å²) in [7, 11) is 0. The molecule has 2 aromatic rings. The molecule has 106 valence electrons. The molecule has 1 heterocycles. The van der Waals surface area contributed by atoms with E-state index in [-0.39, 0.29) is 11.5 Å². The van der Waals surface area contributed by atoms with Crippen LogP contribution in [0.25, 0.3) is 11.5 Å². The quantitative estimate of drug-likeness (QED) is 0.937. The van der Waals surface area contributed by atoms with Crippen LogP contribution >= 0.6 is 0 Å². The lowest BCUT2D eigenvalue weighted by molar-refractivity contribution is -0.137. The lowest BCUT2D eigenvalue weighted by Crippen LogP contribution is -2.16. The van der Waals surface area contributed by atoms with E-state index >= 15 is 0 Å². The third-order valence-electron chi connectivity index (χ3n) is 3.03. The molecule has 20 heavy (non-hydrogen) atoms. The van der Waals surface area contributed by atoms with Crippen LogP contribution in [-0.4, -0.2) is 16.2 Å². The molecule has 4 nitrogen and oxygen atoms in total. The van der Waals surface area contributed by atoms with Gasteiger partial charge < -0.3 is 9.84 Å². The van der Waals surface area contributed by atoms with Crippen molar-refractivity contribution >= 4 is 0 Å². The number of benzene rings is 1. The van der Waals surface area contributed by atoms with Crippen molar-refractivity contribution in [1.29, 1.82) is 0 Å². The molecule has 0 amide bonds. The van der Waals surface area contributed by atoms with E-state index in [2.05, 4.69) is 15.5 Å². The molecule has 7 heteroatoms. The van der Waals surface area contributed by atoms with Gasteiger partial charge in [0.15, 0.2) is 5.82 Å². The van der Waals surface area contributed by atoms with Crippen LogP contribution in [-0.2, 0) is 12.7 Å². The van der Waals surface area contributed by atoms with E-state index in [1.54, 1.807) is 0 Å². The molecular formula is C13H12F3N3O. The van der Waals surface area contributed by atoms with Gasteiger partial charge in [-0.25, -0.2) is 0 Å². The highest BCUT2D eigenvalue weighted by molar-refractivity contribution is 5.54. The van der Waals surface area contributed by atoms with Crippen molar-refractivity contribution in [3.63, 3.8) is 0 Å². The zero-order valence-electron chi connectivity index (χ0n) is 10.4. The van der Waals surface area contributed by atoms with Crippen LogP contribution in [0.4, 0.5) is 13.2 Å². The average Bonchev–Trinajstić information content (AvgIpc) is 3.12. The number of nitrogens with one attached hydrogen (secondary N) is 1. The fourth-order valence-corrected chi connectivity index (χ4v) is 1.79. The van der Waals surface area contributed by atoms with Crippen molar-refractivity contribution in [1.82, 2.24) is 15.5 Å². The fraction of sp³-hybridized carbons (Fsp3) is 0.385. The Morgan fingerprint density at radius 1 is 1.30 bits per heavy atom. The predicted molar refractivity (Wildman–Crippen MR) is 64.6 cm³/mol. The van der Waals surface area contributed by atoms with Crippen LogP contribution in [0.3, 0.4) is 0 Å². The maximum absolute atomic E-state index is 12.6. The predicted octanol–water partition coefficient (Wildman–Crippen LogP) is 3.01. The van der Waals surface area contributed by atoms with Crippen molar-refractivity contribution in [2.24, 2.45) is 0 Å². The van der Waals surface area contributed by atoms with Gasteiger partial charge in [-0.15, -0.1) is 0 Å². The summed E-state index contributed by atoms with van der Waals surface area (Å²) in [5.41, 5.74) is -0.462. The van der Waals surface area contributed by atoms with E-state index in [0.717, 1.165) is 25.0 Å². The Hall–Kier alpha value is -1.89. The Labute approximate surface area is 113 Å². The van der Waals surface area contributed by atoms with Gasteiger partial charge in [-0.3, -0.25) is 0 Å². The van der Waals surface area contributed by atoms with Crippen molar-refractivity contribution < 1.29 is 17.7 Å². The molecule has 0 unspecified atom stereocenters. The lowest BCUT2D eigenvalue weighted by atomic mass is 10.1. The summed E-state index contributed by atoms with van der Waals surface area (Å²) in [5.74, 6) is 0.549. The van der Waals surface area contributed by atoms with Crippen LogP contribution in [0, 0.1) is 0 Å². The minimum atomic E-state index is -4.38. The van der Waals surface area contributed by atoms with Crippen LogP contribution in [0.15, 0.2) is 28.8 Å². The number of hydrogen-bond acceptors (Lipinski definition) is 4. The maximum atomic E-state index is 12.6. The van der Waals surface area contributed by atoms with Gasteiger partial charge in [-0.05, 0) is 31.0 Å². The van der Waals surface area contributed by atoms with Crippen LogP contribution in [0.2, 0.25) is 0 Å². The van der Waals surface area contributed by atoms with E-state index < -0.39 is 11.7 Å². The monoisotopic (exact) mass is 283 g/mol. The molecule has 1 aromatic heterocycles. The number of rotatable bonds is 4. The highest BCUT2D eigenvalue weighted by Crippen LogP contribution is 2.31. The Balaban J connectivity index is 1.78. The minimum Gasteiger partial charge on any atom is -0.334 e. The standard InChI is InChI=1S/C13H12F3N3O/c14-13(15,16)9-3-1-2-8(6-9)12-18-11(19-20-12)7-17-10-4-5-10/h1-3,6,10,17H,4-5,7H2. The number of halogens is 3. The van der Waals surface area contributed by atoms with Crippen molar-refractivity contribution in [3.05, 3.63) is 35.7 Å². The van der Waals surface area contributed by atoms with Gasteiger partial charge in [0.2, 0.25) is 0 Å². The number of nitrogens with zero attached hydrogens (tertiary/aromatic N) is 2. The molecule has 0 radical (unpaired) electrons. The third kappa shape index (κ3) is 2.98. The summed E-state index contributed by atoms with van der Waals surface area (Å²) in [6.45, 7) is 0.465. The first-order chi connectivity index (χ1) is 9.52. The fourth-order valence-electron chi connectivity index (χ4n) is 1.79. The number of hydrogen-bond donors (Lipinski definition) is 1. The summed E-state index contributed by atoms with van der Waals surface area (Å²) in [4.78, 5) is 4.10. The summed E-state index contributed by atoms with van der Waals surface area (Å²) in [5, 5.41) is 6.96. The number of aromatic nitrogens is 2. The first-order valence-electron chi connectivity index (χ1n) is 6.26. The molecule has 1 saturated carbocycles. The highest BCUT2D eigenvalue weighted by atomic mass is 19.4. The van der Waals surface area contributed by atoms with Gasteiger partial charge in [-0.2, -0.15) is 18.2 Å². The summed E-state index contributed by atoms with van der Waals surface area (Å²) in [6, 6.07) is 5.36. The lowest BCUT2D eigenvalue weighted by Gasteiger charge is -2.06. The zero-order valence-corrected chi connectivity index (χ0v) is 10.4. The van der Waals surface area contributed by atoms with E-state index in [4.69, 9.17) is 4.52 Å². The van der Waals surface area contributed by atoms with E-state index in [1.807, 2.05) is 0 Å². The van der Waals surface area contributed by atoms with E-state index in [9.17, 15) is 13.2 Å². The Morgan fingerprint density at radius 3 is 2.80 bits per heavy atom. The molecule has 1 N–H and O–H groups in total. The molecule has 0 aliphatic heterocycles. The smallest absolute Gasteiger partial charge is 0.334 e. The second kappa shape index (κ2) is 4.90. The SMILES string of the molecule is FC(F)(F)c1cccc(-c2nc(CNC3CC3)no2)c1. The largest absolute Gasteiger partial charge is 0.416 e. The van der Waals surface area contributed by atoms with Gasteiger partial charge >= 0.3 is 6.18 Å². The van der Waals surface area contributed by atoms with E-state index in [1.165, 1.54) is 12.1 Å². The van der Waals surface area contributed by atoms with Crippen molar-refractivity contribution in [2.45, 2.75) is 31.6 Å². The molecule has 3 rings (SSSR count). The third-order valence-corrected chi connectivity index (χ3v) is 3.03. The van der Waals surface area contributed by atoms with Crippen molar-refractivity contribution in [2.75, 3.05) is 0 Å². The Morgan fingerprint density at radius 2 is 2.10 bits per heavy atom. The molecule has 0 spiro atoms. The normalized spacial score (nSPS) is 15.6. The highest BCUT2D eigenvalue weighted by Gasteiger charge is 2.31. The van der Waals surface area contributed by atoms with Crippen LogP contribution in [0.1, 0.15) is 24.2 Å².